The van der Waals surface area contributed by atoms with E-state index in [-0.39, 0.29) is 132 Å². The molecule has 0 amide bonds. The summed E-state index contributed by atoms with van der Waals surface area (Å²) >= 11 is 0. The van der Waals surface area contributed by atoms with Gasteiger partial charge in [0, 0.05) is 0 Å². The molecule has 0 saturated heterocycles. The molecular formula is H5Br2CsPb. The Morgan fingerprint density at radius 2 is 1.00 bits per heavy atom. The molecule has 0 unspecified atom stereocenters. The fraction of sp³-hybridized carbons (Fsp3) is 0. The van der Waals surface area contributed by atoms with Crippen LogP contribution in [0.25, 0.3) is 0 Å². The summed E-state index contributed by atoms with van der Waals surface area (Å²) in [5.41, 5.74) is 0. The van der Waals surface area contributed by atoms with Gasteiger partial charge in [0.05, 0.1) is 0 Å². The summed E-state index contributed by atoms with van der Waals surface area (Å²) < 4.78 is 0. The molecule has 0 aliphatic heterocycles. The standard InChI is InChI=1S/2BrH.Cs.Pb.3H/h2*1H;;;;;/q;;+1;;;;-1. The second-order valence-electron chi connectivity index (χ2n) is 0. The van der Waals surface area contributed by atoms with E-state index in [1.165, 1.54) is 0 Å². The van der Waals surface area contributed by atoms with Gasteiger partial charge in [-0.15, -0.1) is 34.0 Å². The summed E-state index contributed by atoms with van der Waals surface area (Å²) in [6.07, 6.45) is 0. The second kappa shape index (κ2) is 15.8. The van der Waals surface area contributed by atoms with Crippen molar-refractivity contribution in [1.82, 2.24) is 0 Å². The van der Waals surface area contributed by atoms with E-state index in [0.29, 0.717) is 0 Å². The monoisotopic (exact) mass is 504 g/mol. The first-order valence-corrected chi connectivity index (χ1v) is 0. The number of hydrogen-bond acceptors (Lipinski definition) is 0. The van der Waals surface area contributed by atoms with E-state index in [1.54, 1.807) is 0 Å². The van der Waals surface area contributed by atoms with Crippen molar-refractivity contribution >= 4 is 61.3 Å². The van der Waals surface area contributed by atoms with Gasteiger partial charge < -0.3 is 1.43 Å². The molecule has 0 heterocycles. The van der Waals surface area contributed by atoms with Gasteiger partial charge in [0.25, 0.3) is 0 Å². The molecular weight excluding hydrogens is 500 g/mol. The summed E-state index contributed by atoms with van der Waals surface area (Å²) in [5, 5.41) is 0. The van der Waals surface area contributed by atoms with Crippen LogP contribution >= 0.6 is 34.0 Å². The number of hydrogen-bond donors (Lipinski definition) is 0. The van der Waals surface area contributed by atoms with Gasteiger partial charge >= 0.3 is 96.2 Å². The van der Waals surface area contributed by atoms with Crippen molar-refractivity contribution in [2.24, 2.45) is 0 Å². The van der Waals surface area contributed by atoms with Gasteiger partial charge in [0.15, 0.2) is 0 Å². The van der Waals surface area contributed by atoms with E-state index in [2.05, 4.69) is 0 Å². The van der Waals surface area contributed by atoms with Crippen LogP contribution in [0.5, 0.6) is 0 Å². The van der Waals surface area contributed by atoms with Crippen LogP contribution in [0.1, 0.15) is 1.43 Å². The average molecular weight is 505 g/mol. The molecule has 2 radical (unpaired) electrons. The summed E-state index contributed by atoms with van der Waals surface area (Å²) in [4.78, 5) is 0. The van der Waals surface area contributed by atoms with Crippen LogP contribution in [-0.4, -0.2) is 27.3 Å². The Balaban J connectivity index is 0. The first kappa shape index (κ1) is 24.6. The first-order chi connectivity index (χ1) is 0. The van der Waals surface area contributed by atoms with Crippen molar-refractivity contribution in [3.63, 3.8) is 0 Å². The maximum atomic E-state index is 0. The van der Waals surface area contributed by atoms with Crippen LogP contribution in [-0.2, 0) is 0 Å². The molecule has 0 spiro atoms. The molecule has 24 valence electrons. The zero-order chi connectivity index (χ0) is 0. The molecule has 4 heavy (non-hydrogen) atoms. The molecule has 0 aromatic rings. The molecule has 0 N–H and O–H groups in total. The maximum absolute atomic E-state index is 0. The van der Waals surface area contributed by atoms with E-state index < -0.39 is 0 Å². The topological polar surface area (TPSA) is 0 Å². The quantitative estimate of drug-likeness (QED) is 0.316. The Bertz CT molecular complexity index is 9.61. The molecule has 0 aliphatic carbocycles. The molecule has 0 rings (SSSR count). The molecule has 0 bridgehead atoms. The van der Waals surface area contributed by atoms with Crippen molar-refractivity contribution < 1.29 is 70.3 Å². The third kappa shape index (κ3) is 9.33. The minimum atomic E-state index is 0. The Kier molecular flexibility index (Phi) is 97.2. The summed E-state index contributed by atoms with van der Waals surface area (Å²) in [5.74, 6) is 0. The van der Waals surface area contributed by atoms with Crippen LogP contribution in [0, 0.1) is 0 Å². The Hall–Kier alpha value is 3.93. The van der Waals surface area contributed by atoms with E-state index in [4.69, 9.17) is 0 Å². The predicted octanol–water partition coefficient (Wildman–Crippen LogP) is -2.64. The van der Waals surface area contributed by atoms with E-state index in [0.717, 1.165) is 0 Å². The average Bonchev–Trinajstić information content (AvgIpc) is 0. The summed E-state index contributed by atoms with van der Waals surface area (Å²) in [6, 6.07) is 0. The molecule has 0 saturated carbocycles. The SMILES string of the molecule is Br.Br.[Cs+].[H-].[PbH2]. The Morgan fingerprint density at radius 3 is 1.00 bits per heavy atom. The Labute approximate surface area is 127 Å². The van der Waals surface area contributed by atoms with Gasteiger partial charge in [-0.3, -0.25) is 0 Å². The first-order valence-electron chi connectivity index (χ1n) is 0. The van der Waals surface area contributed by atoms with Gasteiger partial charge in [0.2, 0.25) is 0 Å². The second-order valence-corrected chi connectivity index (χ2v) is 0. The summed E-state index contributed by atoms with van der Waals surface area (Å²) in [7, 11) is 0. The fourth-order valence-corrected chi connectivity index (χ4v) is 0. The van der Waals surface area contributed by atoms with Crippen molar-refractivity contribution in [2.75, 3.05) is 0 Å². The van der Waals surface area contributed by atoms with Gasteiger partial charge in [-0.25, -0.2) is 0 Å². The van der Waals surface area contributed by atoms with E-state index >= 15 is 0 Å². The minimum absolute atomic E-state index is 0. The van der Waals surface area contributed by atoms with Crippen LogP contribution < -0.4 is 68.9 Å². The van der Waals surface area contributed by atoms with Gasteiger partial charge in [0.1, 0.15) is 0 Å². The van der Waals surface area contributed by atoms with E-state index in [1.807, 2.05) is 0 Å². The molecule has 0 nitrogen and oxygen atoms in total. The number of rotatable bonds is 0. The number of halogens is 2. The molecule has 0 aromatic heterocycles. The van der Waals surface area contributed by atoms with Crippen LogP contribution in [0.2, 0.25) is 0 Å². The van der Waals surface area contributed by atoms with Crippen LogP contribution in [0.15, 0.2) is 0 Å². The Morgan fingerprint density at radius 1 is 1.00 bits per heavy atom. The third-order valence-electron chi connectivity index (χ3n) is 0. The normalized spacial score (nSPS) is 0. The predicted molar refractivity (Wildman–Crippen MR) is 30.3 cm³/mol. The van der Waals surface area contributed by atoms with Gasteiger partial charge in [-0.2, -0.15) is 0 Å². The molecule has 4 heteroatoms. The van der Waals surface area contributed by atoms with Crippen LogP contribution in [0.4, 0.5) is 0 Å². The zero-order valence-electron chi connectivity index (χ0n) is 3.52. The molecule has 0 aliphatic rings. The van der Waals surface area contributed by atoms with E-state index in [9.17, 15) is 0 Å². The molecule has 0 fully saturated rings. The molecule has 0 atom stereocenters. The third-order valence-corrected chi connectivity index (χ3v) is 0. The van der Waals surface area contributed by atoms with Gasteiger partial charge in [-0.05, 0) is 0 Å². The summed E-state index contributed by atoms with van der Waals surface area (Å²) in [6.45, 7) is 0. The van der Waals surface area contributed by atoms with Crippen molar-refractivity contribution in [3.8, 4) is 0 Å². The fourth-order valence-electron chi connectivity index (χ4n) is 0. The van der Waals surface area contributed by atoms with Gasteiger partial charge in [-0.1, -0.05) is 0 Å². The van der Waals surface area contributed by atoms with Crippen molar-refractivity contribution in [2.45, 2.75) is 0 Å². The van der Waals surface area contributed by atoms with Crippen molar-refractivity contribution in [3.05, 3.63) is 0 Å². The zero-order valence-corrected chi connectivity index (χ0v) is 17.7. The van der Waals surface area contributed by atoms with Crippen LogP contribution in [0.3, 0.4) is 0 Å². The molecule has 0 aromatic carbocycles. The van der Waals surface area contributed by atoms with Crippen molar-refractivity contribution in [1.29, 1.82) is 0 Å².